The first-order valence-corrected chi connectivity index (χ1v) is 4.94. The lowest BCUT2D eigenvalue weighted by Crippen LogP contribution is -1.91. The number of hydrogen-bond acceptors (Lipinski definition) is 3. The standard InChI is InChI=1S/C9H9BrN4/c1-6-12-8(3-9(10)13-6)7-4-11-14(2)5-7/h3-5H,1-2H3. The molecule has 0 atom stereocenters. The van der Waals surface area contributed by atoms with Crippen molar-refractivity contribution < 1.29 is 0 Å². The summed E-state index contributed by atoms with van der Waals surface area (Å²) in [6.07, 6.45) is 3.71. The van der Waals surface area contributed by atoms with Crippen molar-refractivity contribution >= 4 is 15.9 Å². The van der Waals surface area contributed by atoms with E-state index < -0.39 is 0 Å². The zero-order chi connectivity index (χ0) is 10.1. The molecule has 0 amide bonds. The van der Waals surface area contributed by atoms with Gasteiger partial charge in [0.1, 0.15) is 10.4 Å². The van der Waals surface area contributed by atoms with E-state index in [-0.39, 0.29) is 0 Å². The zero-order valence-electron chi connectivity index (χ0n) is 7.90. The van der Waals surface area contributed by atoms with Gasteiger partial charge in [-0.2, -0.15) is 5.10 Å². The Hall–Kier alpha value is -1.23. The van der Waals surface area contributed by atoms with E-state index in [1.165, 1.54) is 0 Å². The molecule has 0 spiro atoms. The summed E-state index contributed by atoms with van der Waals surface area (Å²) in [5, 5.41) is 4.09. The van der Waals surface area contributed by atoms with Crippen molar-refractivity contribution in [3.05, 3.63) is 28.9 Å². The van der Waals surface area contributed by atoms with Gasteiger partial charge in [-0.15, -0.1) is 0 Å². The van der Waals surface area contributed by atoms with Crippen molar-refractivity contribution in [3.63, 3.8) is 0 Å². The average Bonchev–Trinajstić information content (AvgIpc) is 2.50. The third-order valence-corrected chi connectivity index (χ3v) is 2.21. The van der Waals surface area contributed by atoms with Gasteiger partial charge in [0.2, 0.25) is 0 Å². The highest BCUT2D eigenvalue weighted by atomic mass is 79.9. The SMILES string of the molecule is Cc1nc(Br)cc(-c2cnn(C)c2)n1. The van der Waals surface area contributed by atoms with Crippen molar-refractivity contribution in [2.24, 2.45) is 7.05 Å². The van der Waals surface area contributed by atoms with Crippen LogP contribution >= 0.6 is 15.9 Å². The van der Waals surface area contributed by atoms with E-state index in [2.05, 4.69) is 31.0 Å². The van der Waals surface area contributed by atoms with Gasteiger partial charge in [-0.3, -0.25) is 4.68 Å². The fourth-order valence-corrected chi connectivity index (χ4v) is 1.71. The smallest absolute Gasteiger partial charge is 0.127 e. The van der Waals surface area contributed by atoms with Gasteiger partial charge in [0, 0.05) is 18.8 Å². The van der Waals surface area contributed by atoms with Crippen molar-refractivity contribution in [1.82, 2.24) is 19.7 Å². The summed E-state index contributed by atoms with van der Waals surface area (Å²) in [5.41, 5.74) is 1.89. The summed E-state index contributed by atoms with van der Waals surface area (Å²) in [7, 11) is 1.88. The Balaban J connectivity index is 2.51. The number of aromatic nitrogens is 4. The number of rotatable bonds is 1. The Kier molecular flexibility index (Phi) is 2.33. The molecule has 5 heteroatoms. The first kappa shape index (κ1) is 9.33. The summed E-state index contributed by atoms with van der Waals surface area (Å²) in [6, 6.07) is 1.88. The minimum atomic E-state index is 0.748. The quantitative estimate of drug-likeness (QED) is 0.729. The predicted octanol–water partition coefficient (Wildman–Crippen LogP) is 1.95. The average molecular weight is 253 g/mol. The third kappa shape index (κ3) is 1.82. The van der Waals surface area contributed by atoms with Crippen LogP contribution in [-0.2, 0) is 7.05 Å². The molecule has 2 aromatic heterocycles. The molecule has 14 heavy (non-hydrogen) atoms. The molecule has 0 unspecified atom stereocenters. The molecule has 0 aromatic carbocycles. The second-order valence-electron chi connectivity index (χ2n) is 3.03. The summed E-state index contributed by atoms with van der Waals surface area (Å²) in [4.78, 5) is 8.47. The molecule has 0 aliphatic heterocycles. The van der Waals surface area contributed by atoms with Gasteiger partial charge in [-0.25, -0.2) is 9.97 Å². The van der Waals surface area contributed by atoms with Crippen LogP contribution < -0.4 is 0 Å². The highest BCUT2D eigenvalue weighted by Crippen LogP contribution is 2.18. The second-order valence-corrected chi connectivity index (χ2v) is 3.84. The Bertz CT molecular complexity index is 443. The Morgan fingerprint density at radius 2 is 2.14 bits per heavy atom. The molecule has 0 aliphatic rings. The lowest BCUT2D eigenvalue weighted by Gasteiger charge is -1.98. The molecule has 0 aliphatic carbocycles. The van der Waals surface area contributed by atoms with Crippen LogP contribution in [0.2, 0.25) is 0 Å². The van der Waals surface area contributed by atoms with Crippen LogP contribution in [0.3, 0.4) is 0 Å². The molecular formula is C9H9BrN4. The van der Waals surface area contributed by atoms with Crippen LogP contribution in [0, 0.1) is 6.92 Å². The van der Waals surface area contributed by atoms with Gasteiger partial charge in [0.25, 0.3) is 0 Å². The molecule has 2 aromatic rings. The van der Waals surface area contributed by atoms with Crippen molar-refractivity contribution in [3.8, 4) is 11.3 Å². The summed E-state index contributed by atoms with van der Waals surface area (Å²) in [6.45, 7) is 1.87. The van der Waals surface area contributed by atoms with E-state index in [0.717, 1.165) is 21.7 Å². The Labute approximate surface area is 90.1 Å². The molecule has 2 rings (SSSR count). The summed E-state index contributed by atoms with van der Waals surface area (Å²) in [5.74, 6) is 0.748. The van der Waals surface area contributed by atoms with Crippen LogP contribution in [0.15, 0.2) is 23.1 Å². The maximum atomic E-state index is 4.32. The Morgan fingerprint density at radius 1 is 1.36 bits per heavy atom. The molecule has 4 nitrogen and oxygen atoms in total. The zero-order valence-corrected chi connectivity index (χ0v) is 9.48. The third-order valence-electron chi connectivity index (χ3n) is 1.81. The first-order valence-electron chi connectivity index (χ1n) is 4.15. The highest BCUT2D eigenvalue weighted by Gasteiger charge is 2.04. The largest absolute Gasteiger partial charge is 0.275 e. The van der Waals surface area contributed by atoms with Gasteiger partial charge in [-0.1, -0.05) is 0 Å². The molecule has 0 bridgehead atoms. The topological polar surface area (TPSA) is 43.6 Å². The molecule has 0 radical (unpaired) electrons. The first-order chi connectivity index (χ1) is 6.65. The van der Waals surface area contributed by atoms with Crippen LogP contribution in [0.1, 0.15) is 5.82 Å². The number of halogens is 1. The molecular weight excluding hydrogens is 244 g/mol. The fraction of sp³-hybridized carbons (Fsp3) is 0.222. The minimum absolute atomic E-state index is 0.748. The van der Waals surface area contributed by atoms with Gasteiger partial charge < -0.3 is 0 Å². The number of aryl methyl sites for hydroxylation is 2. The highest BCUT2D eigenvalue weighted by molar-refractivity contribution is 9.10. The summed E-state index contributed by atoms with van der Waals surface area (Å²) >= 11 is 3.34. The maximum absolute atomic E-state index is 4.32. The van der Waals surface area contributed by atoms with Crippen molar-refractivity contribution in [1.29, 1.82) is 0 Å². The number of nitrogens with zero attached hydrogens (tertiary/aromatic N) is 4. The lowest BCUT2D eigenvalue weighted by molar-refractivity contribution is 0.768. The van der Waals surface area contributed by atoms with Gasteiger partial charge >= 0.3 is 0 Å². The van der Waals surface area contributed by atoms with Gasteiger partial charge in [0.05, 0.1) is 11.9 Å². The fourth-order valence-electron chi connectivity index (χ4n) is 1.23. The molecule has 0 saturated carbocycles. The van der Waals surface area contributed by atoms with E-state index in [9.17, 15) is 0 Å². The maximum Gasteiger partial charge on any atom is 0.127 e. The number of hydrogen-bond donors (Lipinski definition) is 0. The van der Waals surface area contributed by atoms with E-state index in [4.69, 9.17) is 0 Å². The predicted molar refractivity (Wildman–Crippen MR) is 56.7 cm³/mol. The van der Waals surface area contributed by atoms with Crippen molar-refractivity contribution in [2.45, 2.75) is 6.92 Å². The van der Waals surface area contributed by atoms with E-state index in [1.54, 1.807) is 10.9 Å². The summed E-state index contributed by atoms with van der Waals surface area (Å²) < 4.78 is 2.55. The Morgan fingerprint density at radius 3 is 2.71 bits per heavy atom. The van der Waals surface area contributed by atoms with Crippen LogP contribution in [0.5, 0.6) is 0 Å². The van der Waals surface area contributed by atoms with Crippen LogP contribution in [-0.4, -0.2) is 19.7 Å². The molecule has 2 heterocycles. The van der Waals surface area contributed by atoms with E-state index in [1.807, 2.05) is 26.2 Å². The normalized spacial score (nSPS) is 10.5. The second kappa shape index (κ2) is 3.49. The monoisotopic (exact) mass is 252 g/mol. The van der Waals surface area contributed by atoms with Crippen LogP contribution in [0.4, 0.5) is 0 Å². The molecule has 0 fully saturated rings. The van der Waals surface area contributed by atoms with Gasteiger partial charge in [0.15, 0.2) is 0 Å². The van der Waals surface area contributed by atoms with E-state index >= 15 is 0 Å². The molecule has 0 saturated heterocycles. The van der Waals surface area contributed by atoms with Gasteiger partial charge in [-0.05, 0) is 28.9 Å². The van der Waals surface area contributed by atoms with Crippen molar-refractivity contribution in [2.75, 3.05) is 0 Å². The molecule has 0 N–H and O–H groups in total. The molecule has 72 valence electrons. The van der Waals surface area contributed by atoms with Crippen LogP contribution in [0.25, 0.3) is 11.3 Å². The minimum Gasteiger partial charge on any atom is -0.275 e. The lowest BCUT2D eigenvalue weighted by atomic mass is 10.2. The van der Waals surface area contributed by atoms with E-state index in [0.29, 0.717) is 0 Å².